The number of aromatic nitrogens is 3. The molecule has 1 saturated carbocycles. The van der Waals surface area contributed by atoms with E-state index in [0.717, 1.165) is 29.9 Å². The zero-order chi connectivity index (χ0) is 19.3. The fourth-order valence-electron chi connectivity index (χ4n) is 3.56. The fourth-order valence-corrected chi connectivity index (χ4v) is 3.56. The summed E-state index contributed by atoms with van der Waals surface area (Å²) in [5.41, 5.74) is 2.71. The van der Waals surface area contributed by atoms with Crippen LogP contribution in [0.5, 0.6) is 0 Å². The zero-order valence-electron chi connectivity index (χ0n) is 15.4. The molecule has 3 aromatic rings. The second kappa shape index (κ2) is 8.21. The van der Waals surface area contributed by atoms with Crippen LogP contribution in [0.25, 0.3) is 11.4 Å². The maximum atomic E-state index is 13.7. The van der Waals surface area contributed by atoms with E-state index in [1.165, 1.54) is 25.0 Å². The Balaban J connectivity index is 1.49. The monoisotopic (exact) mass is 379 g/mol. The lowest BCUT2D eigenvalue weighted by atomic mass is 10.2. The quantitative estimate of drug-likeness (QED) is 0.685. The van der Waals surface area contributed by atoms with Gasteiger partial charge < -0.3 is 10.6 Å². The van der Waals surface area contributed by atoms with Crippen LogP contribution in [0.1, 0.15) is 37.4 Å². The van der Waals surface area contributed by atoms with Gasteiger partial charge in [0.2, 0.25) is 0 Å². The van der Waals surface area contributed by atoms with Gasteiger partial charge in [0, 0.05) is 6.20 Å². The molecule has 0 saturated heterocycles. The largest absolute Gasteiger partial charge is 0.332 e. The molecular formula is C21H22FN5O. The minimum Gasteiger partial charge on any atom is -0.332 e. The number of carbonyl (C=O) groups excluding carboxylic acids is 1. The molecule has 0 spiro atoms. The highest BCUT2D eigenvalue weighted by molar-refractivity contribution is 5.89. The molecule has 0 unspecified atom stereocenters. The number of amides is 2. The molecule has 28 heavy (non-hydrogen) atoms. The standard InChI is InChI=1S/C21H22FN5O/c22-17-9-3-4-10-18(17)25-21(28)24-14-15-13-20(19-11-5-6-12-23-19)27(26-15)16-7-1-2-8-16/h3-6,9-13,16H,1-2,7-8,14H2,(H2,24,25,28). The summed E-state index contributed by atoms with van der Waals surface area (Å²) < 4.78 is 15.7. The average Bonchev–Trinajstić information content (AvgIpc) is 3.38. The Labute approximate surface area is 162 Å². The molecule has 2 N–H and O–H groups in total. The number of carbonyl (C=O) groups is 1. The third-order valence-corrected chi connectivity index (χ3v) is 4.94. The number of rotatable bonds is 5. The Bertz CT molecular complexity index is 950. The molecule has 0 bridgehead atoms. The molecule has 1 aliphatic carbocycles. The maximum Gasteiger partial charge on any atom is 0.319 e. The Morgan fingerprint density at radius 2 is 1.93 bits per heavy atom. The summed E-state index contributed by atoms with van der Waals surface area (Å²) in [6, 6.07) is 13.7. The molecule has 1 aliphatic rings. The van der Waals surface area contributed by atoms with E-state index in [0.29, 0.717) is 6.04 Å². The van der Waals surface area contributed by atoms with Crippen molar-refractivity contribution < 1.29 is 9.18 Å². The number of benzene rings is 1. The van der Waals surface area contributed by atoms with Crippen LogP contribution in [0, 0.1) is 5.82 Å². The van der Waals surface area contributed by atoms with Crippen molar-refractivity contribution in [3.63, 3.8) is 0 Å². The van der Waals surface area contributed by atoms with Crippen LogP contribution in [-0.2, 0) is 6.54 Å². The topological polar surface area (TPSA) is 71.8 Å². The van der Waals surface area contributed by atoms with Crippen molar-refractivity contribution in [1.29, 1.82) is 0 Å². The van der Waals surface area contributed by atoms with Gasteiger partial charge in [-0.1, -0.05) is 31.0 Å². The van der Waals surface area contributed by atoms with Crippen LogP contribution in [0.3, 0.4) is 0 Å². The van der Waals surface area contributed by atoms with Gasteiger partial charge in [0.15, 0.2) is 0 Å². The van der Waals surface area contributed by atoms with Crippen LogP contribution in [0.15, 0.2) is 54.7 Å². The third-order valence-electron chi connectivity index (χ3n) is 4.94. The number of nitrogens with zero attached hydrogens (tertiary/aromatic N) is 3. The summed E-state index contributed by atoms with van der Waals surface area (Å²) in [5.74, 6) is -0.472. The predicted octanol–water partition coefficient (Wildman–Crippen LogP) is 4.52. The van der Waals surface area contributed by atoms with Crippen molar-refractivity contribution >= 4 is 11.7 Å². The summed E-state index contributed by atoms with van der Waals surface area (Å²) in [6.45, 7) is 0.250. The van der Waals surface area contributed by atoms with E-state index in [1.54, 1.807) is 18.3 Å². The molecule has 2 aromatic heterocycles. The molecule has 0 atom stereocenters. The van der Waals surface area contributed by atoms with Crippen LogP contribution in [0.2, 0.25) is 0 Å². The van der Waals surface area contributed by atoms with Crippen molar-refractivity contribution in [3.8, 4) is 11.4 Å². The Kier molecular flexibility index (Phi) is 5.32. The molecule has 144 valence electrons. The number of halogens is 1. The lowest BCUT2D eigenvalue weighted by Gasteiger charge is -2.13. The van der Waals surface area contributed by atoms with Gasteiger partial charge in [-0.25, -0.2) is 9.18 Å². The number of urea groups is 1. The van der Waals surface area contributed by atoms with E-state index in [-0.39, 0.29) is 12.2 Å². The van der Waals surface area contributed by atoms with E-state index in [4.69, 9.17) is 5.10 Å². The fraction of sp³-hybridized carbons (Fsp3) is 0.286. The Morgan fingerprint density at radius 3 is 2.68 bits per heavy atom. The van der Waals surface area contributed by atoms with Crippen molar-refractivity contribution in [2.75, 3.05) is 5.32 Å². The molecule has 0 aliphatic heterocycles. The molecule has 4 rings (SSSR count). The van der Waals surface area contributed by atoms with Gasteiger partial charge in [-0.05, 0) is 43.2 Å². The van der Waals surface area contributed by atoms with Crippen LogP contribution in [-0.4, -0.2) is 20.8 Å². The normalized spacial score (nSPS) is 14.2. The van der Waals surface area contributed by atoms with Crippen LogP contribution < -0.4 is 10.6 Å². The van der Waals surface area contributed by atoms with Gasteiger partial charge in [-0.2, -0.15) is 5.10 Å². The van der Waals surface area contributed by atoms with Crippen LogP contribution >= 0.6 is 0 Å². The van der Waals surface area contributed by atoms with Gasteiger partial charge in [0.05, 0.1) is 35.4 Å². The smallest absolute Gasteiger partial charge is 0.319 e. The lowest BCUT2D eigenvalue weighted by molar-refractivity contribution is 0.251. The summed E-state index contributed by atoms with van der Waals surface area (Å²) >= 11 is 0. The first-order valence-electron chi connectivity index (χ1n) is 9.50. The van der Waals surface area contributed by atoms with Gasteiger partial charge in [-0.3, -0.25) is 9.67 Å². The van der Waals surface area contributed by atoms with Crippen molar-refractivity contribution in [3.05, 3.63) is 66.2 Å². The van der Waals surface area contributed by atoms with E-state index in [1.807, 2.05) is 28.9 Å². The summed E-state index contributed by atoms with van der Waals surface area (Å²) in [7, 11) is 0. The Morgan fingerprint density at radius 1 is 1.14 bits per heavy atom. The first-order valence-corrected chi connectivity index (χ1v) is 9.50. The minimum atomic E-state index is -0.472. The number of hydrogen-bond donors (Lipinski definition) is 2. The molecule has 0 radical (unpaired) electrons. The first-order chi connectivity index (χ1) is 13.7. The number of para-hydroxylation sites is 1. The van der Waals surface area contributed by atoms with Crippen LogP contribution in [0.4, 0.5) is 14.9 Å². The van der Waals surface area contributed by atoms with Gasteiger partial charge in [-0.15, -0.1) is 0 Å². The molecular weight excluding hydrogens is 357 g/mol. The maximum absolute atomic E-state index is 13.7. The third kappa shape index (κ3) is 4.03. The molecule has 1 fully saturated rings. The second-order valence-electron chi connectivity index (χ2n) is 6.91. The molecule has 2 amide bonds. The zero-order valence-corrected chi connectivity index (χ0v) is 15.4. The highest BCUT2D eigenvalue weighted by atomic mass is 19.1. The van der Waals surface area contributed by atoms with Gasteiger partial charge >= 0.3 is 6.03 Å². The molecule has 7 heteroatoms. The lowest BCUT2D eigenvalue weighted by Crippen LogP contribution is -2.28. The second-order valence-corrected chi connectivity index (χ2v) is 6.91. The number of pyridine rings is 1. The molecule has 6 nitrogen and oxygen atoms in total. The summed E-state index contributed by atoms with van der Waals surface area (Å²) in [4.78, 5) is 16.6. The molecule has 1 aromatic carbocycles. The van der Waals surface area contributed by atoms with Crippen molar-refractivity contribution in [2.45, 2.75) is 38.3 Å². The predicted molar refractivity (Wildman–Crippen MR) is 105 cm³/mol. The average molecular weight is 379 g/mol. The minimum absolute atomic E-state index is 0.144. The Hall–Kier alpha value is -3.22. The first kappa shape index (κ1) is 18.2. The number of nitrogens with one attached hydrogen (secondary N) is 2. The van der Waals surface area contributed by atoms with Gasteiger partial charge in [0.25, 0.3) is 0 Å². The summed E-state index contributed by atoms with van der Waals surface area (Å²) in [5, 5.41) is 9.99. The van der Waals surface area contributed by atoms with Gasteiger partial charge in [0.1, 0.15) is 5.82 Å². The SMILES string of the molecule is O=C(NCc1cc(-c2ccccn2)n(C2CCCC2)n1)Nc1ccccc1F. The molecule has 2 heterocycles. The van der Waals surface area contributed by atoms with Crippen molar-refractivity contribution in [1.82, 2.24) is 20.1 Å². The van der Waals surface area contributed by atoms with Crippen molar-refractivity contribution in [2.24, 2.45) is 0 Å². The van der Waals surface area contributed by atoms with E-state index < -0.39 is 11.8 Å². The highest BCUT2D eigenvalue weighted by Gasteiger charge is 2.22. The summed E-state index contributed by atoms with van der Waals surface area (Å²) in [6.07, 6.45) is 6.36. The number of hydrogen-bond acceptors (Lipinski definition) is 3. The van der Waals surface area contributed by atoms with E-state index in [2.05, 4.69) is 15.6 Å². The highest BCUT2D eigenvalue weighted by Crippen LogP contribution is 2.33. The van der Waals surface area contributed by atoms with E-state index in [9.17, 15) is 9.18 Å². The number of anilines is 1. The van der Waals surface area contributed by atoms with E-state index >= 15 is 0 Å².